The molecule has 0 fully saturated rings. The van der Waals surface area contributed by atoms with Gasteiger partial charge in [0.2, 0.25) is 10.0 Å². The lowest BCUT2D eigenvalue weighted by Crippen LogP contribution is -2.25. The predicted octanol–water partition coefficient (Wildman–Crippen LogP) is 0.838. The van der Waals surface area contributed by atoms with Crippen LogP contribution in [-0.4, -0.2) is 23.2 Å². The maximum Gasteiger partial charge on any atom is 0.241 e. The second kappa shape index (κ2) is 5.39. The first-order valence-electron chi connectivity index (χ1n) is 5.69. The first-order valence-corrected chi connectivity index (χ1v) is 7.55. The summed E-state index contributed by atoms with van der Waals surface area (Å²) in [5.74, 6) is 0.378. The van der Waals surface area contributed by atoms with Crippen molar-refractivity contribution in [3.05, 3.63) is 34.9 Å². The normalized spacial score (nSPS) is 11.8. The quantitative estimate of drug-likeness (QED) is 0.814. The number of hydrogen-bond donors (Lipinski definition) is 2. The molecule has 20 heavy (non-hydrogen) atoms. The average molecular weight is 316 g/mol. The van der Waals surface area contributed by atoms with Crippen molar-refractivity contribution in [3.8, 4) is 0 Å². The minimum Gasteiger partial charge on any atom is -0.398 e. The molecule has 1 aromatic carbocycles. The third-order valence-corrected chi connectivity index (χ3v) is 4.47. The van der Waals surface area contributed by atoms with Crippen LogP contribution in [0.2, 0.25) is 5.02 Å². The van der Waals surface area contributed by atoms with Crippen LogP contribution in [0.15, 0.2) is 23.4 Å². The van der Waals surface area contributed by atoms with Gasteiger partial charge in [-0.1, -0.05) is 11.6 Å². The number of nitrogens with zero attached hydrogens (tertiary/aromatic N) is 3. The van der Waals surface area contributed by atoms with Crippen molar-refractivity contribution in [1.29, 1.82) is 0 Å². The zero-order valence-electron chi connectivity index (χ0n) is 11.0. The van der Waals surface area contributed by atoms with E-state index in [4.69, 9.17) is 17.3 Å². The van der Waals surface area contributed by atoms with Gasteiger partial charge in [-0.2, -0.15) is 5.10 Å². The van der Waals surface area contributed by atoms with E-state index in [0.29, 0.717) is 17.1 Å². The Morgan fingerprint density at radius 3 is 2.75 bits per heavy atom. The maximum atomic E-state index is 12.2. The van der Waals surface area contributed by atoms with Crippen molar-refractivity contribution in [2.24, 2.45) is 7.05 Å². The summed E-state index contributed by atoms with van der Waals surface area (Å²) in [6.45, 7) is 1.62. The highest BCUT2D eigenvalue weighted by Crippen LogP contribution is 2.25. The fourth-order valence-electron chi connectivity index (χ4n) is 1.66. The van der Waals surface area contributed by atoms with Crippen molar-refractivity contribution < 1.29 is 8.42 Å². The molecule has 7 nitrogen and oxygen atoms in total. The summed E-state index contributed by atoms with van der Waals surface area (Å²) >= 11 is 5.85. The van der Waals surface area contributed by atoms with Gasteiger partial charge in [-0.15, -0.1) is 0 Å². The Bertz CT molecular complexity index is 741. The third-order valence-electron chi connectivity index (χ3n) is 2.72. The Balaban J connectivity index is 2.27. The van der Waals surface area contributed by atoms with E-state index in [0.717, 1.165) is 0 Å². The molecule has 0 unspecified atom stereocenters. The molecule has 0 atom stereocenters. The van der Waals surface area contributed by atoms with Crippen LogP contribution in [0.1, 0.15) is 11.4 Å². The van der Waals surface area contributed by atoms with Crippen molar-refractivity contribution in [1.82, 2.24) is 19.5 Å². The van der Waals surface area contributed by atoms with Crippen LogP contribution < -0.4 is 10.5 Å². The number of aromatic nitrogens is 3. The standard InChI is InChI=1S/C11H14ClN5O2S/c1-7-9(13)3-8(12)4-10(7)20(18,19)15-5-11-14-6-17(2)16-11/h3-4,6,15H,5,13H2,1-2H3. The van der Waals surface area contributed by atoms with E-state index in [-0.39, 0.29) is 16.5 Å². The Labute approximate surface area is 121 Å². The minimum atomic E-state index is -3.73. The molecule has 0 saturated heterocycles. The Kier molecular flexibility index (Phi) is 3.98. The predicted molar refractivity (Wildman–Crippen MR) is 75.6 cm³/mol. The summed E-state index contributed by atoms with van der Waals surface area (Å²) in [7, 11) is -2.03. The van der Waals surface area contributed by atoms with Gasteiger partial charge in [0, 0.05) is 17.8 Å². The van der Waals surface area contributed by atoms with Crippen LogP contribution in [0, 0.1) is 6.92 Å². The molecule has 0 aliphatic carbocycles. The number of nitrogens with one attached hydrogen (secondary N) is 1. The average Bonchev–Trinajstić information content (AvgIpc) is 2.77. The number of sulfonamides is 1. The number of rotatable bonds is 4. The van der Waals surface area contributed by atoms with Crippen LogP contribution in [0.5, 0.6) is 0 Å². The minimum absolute atomic E-state index is 0.00493. The molecular formula is C11H14ClN5O2S. The van der Waals surface area contributed by atoms with Gasteiger partial charge in [0.25, 0.3) is 0 Å². The second-order valence-electron chi connectivity index (χ2n) is 4.28. The third kappa shape index (κ3) is 3.09. The van der Waals surface area contributed by atoms with Gasteiger partial charge < -0.3 is 5.73 Å². The van der Waals surface area contributed by atoms with Gasteiger partial charge in [-0.25, -0.2) is 18.1 Å². The highest BCUT2D eigenvalue weighted by Gasteiger charge is 2.19. The van der Waals surface area contributed by atoms with Crippen molar-refractivity contribution in [3.63, 3.8) is 0 Å². The first-order chi connectivity index (χ1) is 9.29. The molecule has 0 radical (unpaired) electrons. The summed E-state index contributed by atoms with van der Waals surface area (Å²) in [5.41, 5.74) is 6.51. The summed E-state index contributed by atoms with van der Waals surface area (Å²) < 4.78 is 28.4. The molecule has 2 rings (SSSR count). The monoisotopic (exact) mass is 315 g/mol. The Morgan fingerprint density at radius 1 is 1.45 bits per heavy atom. The topological polar surface area (TPSA) is 103 Å². The van der Waals surface area contributed by atoms with E-state index in [1.165, 1.54) is 23.1 Å². The van der Waals surface area contributed by atoms with Gasteiger partial charge in [0.15, 0.2) is 5.82 Å². The second-order valence-corrected chi connectivity index (χ2v) is 6.45. The van der Waals surface area contributed by atoms with Gasteiger partial charge in [-0.05, 0) is 24.6 Å². The Hall–Kier alpha value is -1.64. The number of halogens is 1. The number of benzene rings is 1. The van der Waals surface area contributed by atoms with Gasteiger partial charge in [0.1, 0.15) is 6.33 Å². The van der Waals surface area contributed by atoms with Crippen molar-refractivity contribution >= 4 is 27.3 Å². The zero-order chi connectivity index (χ0) is 14.9. The van der Waals surface area contributed by atoms with E-state index in [2.05, 4.69) is 14.8 Å². The molecule has 1 aromatic heterocycles. The highest BCUT2D eigenvalue weighted by molar-refractivity contribution is 7.89. The summed E-state index contributed by atoms with van der Waals surface area (Å²) in [6.07, 6.45) is 1.49. The smallest absolute Gasteiger partial charge is 0.241 e. The fourth-order valence-corrected chi connectivity index (χ4v) is 3.22. The van der Waals surface area contributed by atoms with E-state index in [1.54, 1.807) is 14.0 Å². The van der Waals surface area contributed by atoms with Crippen LogP contribution in [0.25, 0.3) is 0 Å². The Morgan fingerprint density at radius 2 is 2.15 bits per heavy atom. The van der Waals surface area contributed by atoms with E-state index in [9.17, 15) is 8.42 Å². The number of anilines is 1. The summed E-state index contributed by atoms with van der Waals surface area (Å²) in [5, 5.41) is 4.26. The summed E-state index contributed by atoms with van der Waals surface area (Å²) in [6, 6.07) is 2.87. The molecule has 3 N–H and O–H groups in total. The number of aryl methyl sites for hydroxylation is 1. The van der Waals surface area contributed by atoms with Gasteiger partial charge >= 0.3 is 0 Å². The van der Waals surface area contributed by atoms with Crippen LogP contribution >= 0.6 is 11.6 Å². The molecular weight excluding hydrogens is 302 g/mol. The van der Waals surface area contributed by atoms with Crippen LogP contribution in [0.3, 0.4) is 0 Å². The molecule has 108 valence electrons. The number of nitrogen functional groups attached to an aromatic ring is 1. The lowest BCUT2D eigenvalue weighted by Gasteiger charge is -2.10. The number of nitrogens with two attached hydrogens (primary N) is 1. The van der Waals surface area contributed by atoms with Gasteiger partial charge in [-0.3, -0.25) is 4.68 Å². The molecule has 0 amide bonds. The molecule has 0 spiro atoms. The van der Waals surface area contributed by atoms with E-state index >= 15 is 0 Å². The maximum absolute atomic E-state index is 12.2. The molecule has 0 bridgehead atoms. The first kappa shape index (κ1) is 14.8. The highest BCUT2D eigenvalue weighted by atomic mass is 35.5. The molecule has 0 saturated carbocycles. The van der Waals surface area contributed by atoms with Crippen LogP contribution in [0.4, 0.5) is 5.69 Å². The van der Waals surface area contributed by atoms with Crippen molar-refractivity contribution in [2.45, 2.75) is 18.4 Å². The molecule has 0 aliphatic heterocycles. The van der Waals surface area contributed by atoms with Gasteiger partial charge in [0.05, 0.1) is 11.4 Å². The summed E-state index contributed by atoms with van der Waals surface area (Å²) in [4.78, 5) is 4.00. The largest absolute Gasteiger partial charge is 0.398 e. The molecule has 1 heterocycles. The lowest BCUT2D eigenvalue weighted by atomic mass is 10.2. The van der Waals surface area contributed by atoms with Crippen LogP contribution in [-0.2, 0) is 23.6 Å². The SMILES string of the molecule is Cc1c(N)cc(Cl)cc1S(=O)(=O)NCc1ncn(C)n1. The molecule has 9 heteroatoms. The fraction of sp³-hybridized carbons (Fsp3) is 0.273. The zero-order valence-corrected chi connectivity index (χ0v) is 12.5. The lowest BCUT2D eigenvalue weighted by molar-refractivity contribution is 0.578. The molecule has 2 aromatic rings. The van der Waals surface area contributed by atoms with E-state index < -0.39 is 10.0 Å². The van der Waals surface area contributed by atoms with Crippen molar-refractivity contribution in [2.75, 3.05) is 5.73 Å². The number of hydrogen-bond acceptors (Lipinski definition) is 5. The van der Waals surface area contributed by atoms with E-state index in [1.807, 2.05) is 0 Å². The molecule has 0 aliphatic rings.